The Morgan fingerprint density at radius 1 is 1.32 bits per heavy atom. The zero-order chi connectivity index (χ0) is 15.9. The highest BCUT2D eigenvalue weighted by atomic mass is 35.5. The minimum atomic E-state index is -0.916. The van der Waals surface area contributed by atoms with E-state index in [1.54, 1.807) is 12.1 Å². The summed E-state index contributed by atoms with van der Waals surface area (Å²) in [7, 11) is 0. The maximum absolute atomic E-state index is 12.2. The Hall–Kier alpha value is -1.75. The van der Waals surface area contributed by atoms with E-state index in [0.29, 0.717) is 36.8 Å². The van der Waals surface area contributed by atoms with Crippen LogP contribution in [-0.4, -0.2) is 41.1 Å². The van der Waals surface area contributed by atoms with Gasteiger partial charge in [0.05, 0.1) is 11.6 Å². The number of piperidine rings is 1. The molecule has 2 rings (SSSR count). The first-order valence-electron chi connectivity index (χ1n) is 7.49. The number of likely N-dealkylation sites (tertiary alicyclic amines) is 1. The molecule has 0 radical (unpaired) electrons. The molecule has 1 aliphatic heterocycles. The topological polar surface area (TPSA) is 66.8 Å². The van der Waals surface area contributed by atoms with Gasteiger partial charge in [0, 0.05) is 13.0 Å². The van der Waals surface area contributed by atoms with Crippen LogP contribution in [0.1, 0.15) is 32.1 Å². The molecule has 1 unspecified atom stereocenters. The standard InChI is InChI=1S/C16H20ClNO4/c17-12-6-1-2-8-14(12)22-11-5-9-15(19)18-10-4-3-7-13(18)16(20)21/h1-2,6,8,13H,3-5,7,9-11H2,(H,20,21). The molecule has 1 atom stereocenters. The molecule has 1 fully saturated rings. The fourth-order valence-electron chi connectivity index (χ4n) is 2.60. The SMILES string of the molecule is O=C(O)C1CCCCN1C(=O)CCCOc1ccccc1Cl. The number of nitrogens with zero attached hydrogens (tertiary/aromatic N) is 1. The summed E-state index contributed by atoms with van der Waals surface area (Å²) in [5, 5.41) is 9.71. The molecule has 0 spiro atoms. The molecule has 6 heteroatoms. The van der Waals surface area contributed by atoms with Crippen LogP contribution in [0.4, 0.5) is 0 Å². The van der Waals surface area contributed by atoms with Gasteiger partial charge >= 0.3 is 5.97 Å². The van der Waals surface area contributed by atoms with Gasteiger partial charge in [-0.25, -0.2) is 4.79 Å². The summed E-state index contributed by atoms with van der Waals surface area (Å²) >= 11 is 5.98. The minimum Gasteiger partial charge on any atom is -0.492 e. The second-order valence-electron chi connectivity index (χ2n) is 5.32. The van der Waals surface area contributed by atoms with Gasteiger partial charge in [-0.15, -0.1) is 0 Å². The number of halogens is 1. The van der Waals surface area contributed by atoms with Gasteiger partial charge in [-0.3, -0.25) is 4.79 Å². The zero-order valence-electron chi connectivity index (χ0n) is 12.3. The highest BCUT2D eigenvalue weighted by molar-refractivity contribution is 6.32. The molecular formula is C16H20ClNO4. The quantitative estimate of drug-likeness (QED) is 0.817. The number of ether oxygens (including phenoxy) is 1. The maximum atomic E-state index is 12.2. The molecule has 0 aromatic heterocycles. The number of carboxylic acid groups (broad SMARTS) is 1. The summed E-state index contributed by atoms with van der Waals surface area (Å²) in [6.07, 6.45) is 3.08. The number of hydrogen-bond acceptors (Lipinski definition) is 3. The predicted octanol–water partition coefficient (Wildman–Crippen LogP) is 2.96. The monoisotopic (exact) mass is 325 g/mol. The van der Waals surface area contributed by atoms with E-state index < -0.39 is 12.0 Å². The summed E-state index contributed by atoms with van der Waals surface area (Å²) in [6.45, 7) is 0.905. The molecule has 1 aromatic carbocycles. The van der Waals surface area contributed by atoms with Crippen LogP contribution in [0.2, 0.25) is 5.02 Å². The first-order chi connectivity index (χ1) is 10.6. The van der Waals surface area contributed by atoms with Crippen LogP contribution in [-0.2, 0) is 9.59 Å². The van der Waals surface area contributed by atoms with Gasteiger partial charge in [-0.2, -0.15) is 0 Å². The Bertz CT molecular complexity index is 535. The van der Waals surface area contributed by atoms with Crippen molar-refractivity contribution in [3.05, 3.63) is 29.3 Å². The van der Waals surface area contributed by atoms with E-state index in [-0.39, 0.29) is 12.3 Å². The van der Waals surface area contributed by atoms with Crippen molar-refractivity contribution in [1.29, 1.82) is 0 Å². The van der Waals surface area contributed by atoms with Crippen LogP contribution in [0.3, 0.4) is 0 Å². The summed E-state index contributed by atoms with van der Waals surface area (Å²) in [4.78, 5) is 24.8. The number of para-hydroxylation sites is 1. The third-order valence-electron chi connectivity index (χ3n) is 3.74. The first kappa shape index (κ1) is 16.6. The number of carbonyl (C=O) groups is 2. The summed E-state index contributed by atoms with van der Waals surface area (Å²) in [6, 6.07) is 6.49. The number of carbonyl (C=O) groups excluding carboxylic acids is 1. The molecule has 5 nitrogen and oxygen atoms in total. The van der Waals surface area contributed by atoms with Crippen LogP contribution in [0, 0.1) is 0 Å². The fourth-order valence-corrected chi connectivity index (χ4v) is 2.79. The maximum Gasteiger partial charge on any atom is 0.326 e. The lowest BCUT2D eigenvalue weighted by molar-refractivity contribution is -0.152. The molecule has 0 aliphatic carbocycles. The van der Waals surface area contributed by atoms with Crippen molar-refractivity contribution in [2.75, 3.05) is 13.2 Å². The molecule has 1 heterocycles. The zero-order valence-corrected chi connectivity index (χ0v) is 13.1. The number of amides is 1. The van der Waals surface area contributed by atoms with Gasteiger partial charge in [-0.05, 0) is 37.8 Å². The highest BCUT2D eigenvalue weighted by Gasteiger charge is 2.31. The van der Waals surface area contributed by atoms with Crippen molar-refractivity contribution in [3.63, 3.8) is 0 Å². The lowest BCUT2D eigenvalue weighted by Crippen LogP contribution is -2.47. The molecule has 1 N–H and O–H groups in total. The van der Waals surface area contributed by atoms with Crippen molar-refractivity contribution >= 4 is 23.5 Å². The molecule has 1 aliphatic rings. The van der Waals surface area contributed by atoms with Crippen LogP contribution >= 0.6 is 11.6 Å². The summed E-state index contributed by atoms with van der Waals surface area (Å²) in [5.74, 6) is -0.437. The van der Waals surface area contributed by atoms with Crippen molar-refractivity contribution in [2.45, 2.75) is 38.1 Å². The van der Waals surface area contributed by atoms with Gasteiger partial charge in [0.25, 0.3) is 0 Å². The average Bonchev–Trinajstić information content (AvgIpc) is 2.52. The second-order valence-corrected chi connectivity index (χ2v) is 5.73. The van der Waals surface area contributed by atoms with E-state index in [2.05, 4.69) is 0 Å². The number of carboxylic acids is 1. The number of aliphatic carboxylic acids is 1. The number of rotatable bonds is 6. The lowest BCUT2D eigenvalue weighted by Gasteiger charge is -2.33. The van der Waals surface area contributed by atoms with E-state index in [9.17, 15) is 14.7 Å². The molecule has 0 saturated carbocycles. The van der Waals surface area contributed by atoms with Crippen LogP contribution in [0.25, 0.3) is 0 Å². The van der Waals surface area contributed by atoms with Gasteiger partial charge in [0.15, 0.2) is 0 Å². The van der Waals surface area contributed by atoms with E-state index in [4.69, 9.17) is 16.3 Å². The van der Waals surface area contributed by atoms with Gasteiger partial charge in [0.2, 0.25) is 5.91 Å². The Labute approximate surface area is 134 Å². The Kier molecular flexibility index (Phi) is 6.07. The lowest BCUT2D eigenvalue weighted by atomic mass is 10.0. The van der Waals surface area contributed by atoms with Crippen molar-refractivity contribution in [2.24, 2.45) is 0 Å². The van der Waals surface area contributed by atoms with E-state index in [1.165, 1.54) is 4.90 Å². The van der Waals surface area contributed by atoms with Gasteiger partial charge in [-0.1, -0.05) is 23.7 Å². The van der Waals surface area contributed by atoms with Gasteiger partial charge in [0.1, 0.15) is 11.8 Å². The molecule has 1 saturated heterocycles. The number of benzene rings is 1. The largest absolute Gasteiger partial charge is 0.492 e. The Balaban J connectivity index is 1.77. The molecule has 1 aromatic rings. The molecular weight excluding hydrogens is 306 g/mol. The first-order valence-corrected chi connectivity index (χ1v) is 7.87. The average molecular weight is 326 g/mol. The third-order valence-corrected chi connectivity index (χ3v) is 4.05. The van der Waals surface area contributed by atoms with E-state index >= 15 is 0 Å². The summed E-state index contributed by atoms with van der Waals surface area (Å²) < 4.78 is 5.53. The van der Waals surface area contributed by atoms with Crippen LogP contribution < -0.4 is 4.74 Å². The van der Waals surface area contributed by atoms with E-state index in [0.717, 1.165) is 12.8 Å². The van der Waals surface area contributed by atoms with E-state index in [1.807, 2.05) is 12.1 Å². The smallest absolute Gasteiger partial charge is 0.326 e. The Morgan fingerprint density at radius 2 is 2.09 bits per heavy atom. The Morgan fingerprint density at radius 3 is 2.82 bits per heavy atom. The minimum absolute atomic E-state index is 0.116. The normalized spacial score (nSPS) is 18.0. The number of hydrogen-bond donors (Lipinski definition) is 1. The highest BCUT2D eigenvalue weighted by Crippen LogP contribution is 2.23. The second kappa shape index (κ2) is 8.03. The van der Waals surface area contributed by atoms with Crippen molar-refractivity contribution < 1.29 is 19.4 Å². The fraction of sp³-hybridized carbons (Fsp3) is 0.500. The molecule has 1 amide bonds. The molecule has 120 valence electrons. The summed E-state index contributed by atoms with van der Waals surface area (Å²) in [5.41, 5.74) is 0. The van der Waals surface area contributed by atoms with Crippen molar-refractivity contribution in [1.82, 2.24) is 4.90 Å². The van der Waals surface area contributed by atoms with Gasteiger partial charge < -0.3 is 14.7 Å². The van der Waals surface area contributed by atoms with Crippen LogP contribution in [0.5, 0.6) is 5.75 Å². The third kappa shape index (κ3) is 4.37. The molecule has 0 bridgehead atoms. The van der Waals surface area contributed by atoms with Crippen LogP contribution in [0.15, 0.2) is 24.3 Å². The molecule has 22 heavy (non-hydrogen) atoms. The van der Waals surface area contributed by atoms with Crippen molar-refractivity contribution in [3.8, 4) is 5.75 Å². The predicted molar refractivity (Wildman–Crippen MR) is 83.2 cm³/mol.